The maximum atomic E-state index is 13.0. The molecule has 0 bridgehead atoms. The number of carbonyl (C=O) groups excluding carboxylic acids is 3. The van der Waals surface area contributed by atoms with E-state index in [0.29, 0.717) is 26.2 Å². The van der Waals surface area contributed by atoms with E-state index in [1.54, 1.807) is 23.6 Å². The Kier molecular flexibility index (Phi) is 6.29. The van der Waals surface area contributed by atoms with Crippen molar-refractivity contribution in [3.8, 4) is 0 Å². The fraction of sp³-hybridized carbons (Fsp3) is 0.571. The molecule has 6 nitrogen and oxygen atoms in total. The van der Waals surface area contributed by atoms with Gasteiger partial charge in [0.2, 0.25) is 17.7 Å². The summed E-state index contributed by atoms with van der Waals surface area (Å²) in [6, 6.07) is 5.94. The third-order valence-corrected chi connectivity index (χ3v) is 5.28. The molecule has 1 heterocycles. The molecule has 0 spiro atoms. The Labute approximate surface area is 161 Å². The molecule has 3 amide bonds. The molecule has 0 unspecified atom stereocenters. The van der Waals surface area contributed by atoms with Gasteiger partial charge in [0, 0.05) is 38.8 Å². The van der Waals surface area contributed by atoms with Gasteiger partial charge >= 0.3 is 0 Å². The molecule has 1 fully saturated rings. The van der Waals surface area contributed by atoms with Gasteiger partial charge in [-0.1, -0.05) is 32.0 Å². The number of amides is 3. The fourth-order valence-electron chi connectivity index (χ4n) is 3.33. The number of anilines is 1. The van der Waals surface area contributed by atoms with Crippen LogP contribution in [0.2, 0.25) is 0 Å². The Morgan fingerprint density at radius 3 is 2.11 bits per heavy atom. The number of nitrogens with zero attached hydrogens (tertiary/aromatic N) is 2. The van der Waals surface area contributed by atoms with Crippen LogP contribution in [0.4, 0.5) is 5.69 Å². The number of aryl methyl sites for hydroxylation is 1. The zero-order valence-electron chi connectivity index (χ0n) is 17.3. The predicted octanol–water partition coefficient (Wildman–Crippen LogP) is 2.77. The van der Waals surface area contributed by atoms with E-state index in [2.05, 4.69) is 19.2 Å². The molecule has 2 rings (SSSR count). The molecule has 27 heavy (non-hydrogen) atoms. The summed E-state index contributed by atoms with van der Waals surface area (Å²) in [5, 5.41) is 3.00. The summed E-state index contributed by atoms with van der Waals surface area (Å²) in [6.07, 6.45) is 0. The SMILES string of the molecule is CC(=O)N1CCN(C(=O)C(C)(C)C(=O)Nc2c(C)cccc2C(C)C)CC1. The molecule has 1 aliphatic heterocycles. The zero-order chi connectivity index (χ0) is 20.4. The predicted molar refractivity (Wildman–Crippen MR) is 107 cm³/mol. The molecule has 0 aliphatic carbocycles. The molecular weight excluding hydrogens is 342 g/mol. The van der Waals surface area contributed by atoms with Crippen molar-refractivity contribution in [1.29, 1.82) is 0 Å². The van der Waals surface area contributed by atoms with Gasteiger partial charge < -0.3 is 15.1 Å². The van der Waals surface area contributed by atoms with Crippen LogP contribution in [-0.4, -0.2) is 53.7 Å². The quantitative estimate of drug-likeness (QED) is 0.825. The molecule has 1 N–H and O–H groups in total. The van der Waals surface area contributed by atoms with Crippen LogP contribution in [0.5, 0.6) is 0 Å². The number of rotatable bonds is 4. The van der Waals surface area contributed by atoms with Crippen molar-refractivity contribution in [2.75, 3.05) is 31.5 Å². The van der Waals surface area contributed by atoms with Crippen molar-refractivity contribution in [2.45, 2.75) is 47.5 Å². The lowest BCUT2D eigenvalue weighted by Crippen LogP contribution is -2.55. The summed E-state index contributed by atoms with van der Waals surface area (Å²) in [7, 11) is 0. The summed E-state index contributed by atoms with van der Waals surface area (Å²) in [4.78, 5) is 40.9. The standard InChI is InChI=1S/C21H31N3O3/c1-14(2)17-9-7-8-15(3)18(17)22-19(26)21(5,6)20(27)24-12-10-23(11-13-24)16(4)25/h7-9,14H,10-13H2,1-6H3,(H,22,26). The van der Waals surface area contributed by atoms with E-state index in [4.69, 9.17) is 0 Å². The first-order valence-electron chi connectivity index (χ1n) is 9.51. The molecule has 148 valence electrons. The van der Waals surface area contributed by atoms with Crippen molar-refractivity contribution in [1.82, 2.24) is 9.80 Å². The average molecular weight is 373 g/mol. The molecule has 0 atom stereocenters. The molecular formula is C21H31N3O3. The summed E-state index contributed by atoms with van der Waals surface area (Å²) >= 11 is 0. The Hall–Kier alpha value is -2.37. The van der Waals surface area contributed by atoms with Crippen LogP contribution >= 0.6 is 0 Å². The second kappa shape index (κ2) is 8.11. The lowest BCUT2D eigenvalue weighted by molar-refractivity contribution is -0.149. The van der Waals surface area contributed by atoms with E-state index in [-0.39, 0.29) is 23.6 Å². The van der Waals surface area contributed by atoms with Crippen molar-refractivity contribution < 1.29 is 14.4 Å². The van der Waals surface area contributed by atoms with Crippen LogP contribution in [0, 0.1) is 12.3 Å². The number of hydrogen-bond donors (Lipinski definition) is 1. The average Bonchev–Trinajstić information content (AvgIpc) is 2.62. The molecule has 6 heteroatoms. The van der Waals surface area contributed by atoms with Crippen molar-refractivity contribution in [3.63, 3.8) is 0 Å². The van der Waals surface area contributed by atoms with Gasteiger partial charge in [-0.05, 0) is 37.8 Å². The Bertz CT molecular complexity index is 732. The maximum absolute atomic E-state index is 13.0. The smallest absolute Gasteiger partial charge is 0.239 e. The van der Waals surface area contributed by atoms with E-state index in [0.717, 1.165) is 16.8 Å². The highest BCUT2D eigenvalue weighted by Crippen LogP contribution is 2.30. The van der Waals surface area contributed by atoms with Gasteiger partial charge in [0.1, 0.15) is 5.41 Å². The second-order valence-electron chi connectivity index (χ2n) is 8.07. The van der Waals surface area contributed by atoms with E-state index < -0.39 is 5.41 Å². The summed E-state index contributed by atoms with van der Waals surface area (Å²) in [5.41, 5.74) is 1.64. The molecule has 1 aromatic rings. The summed E-state index contributed by atoms with van der Waals surface area (Å²) < 4.78 is 0. The van der Waals surface area contributed by atoms with Gasteiger partial charge in [-0.3, -0.25) is 14.4 Å². The third kappa shape index (κ3) is 4.49. The summed E-state index contributed by atoms with van der Waals surface area (Å²) in [6.45, 7) is 12.9. The number of nitrogens with one attached hydrogen (secondary N) is 1. The maximum Gasteiger partial charge on any atom is 0.239 e. The minimum Gasteiger partial charge on any atom is -0.339 e. The van der Waals surface area contributed by atoms with E-state index in [1.807, 2.05) is 25.1 Å². The topological polar surface area (TPSA) is 69.7 Å². The third-order valence-electron chi connectivity index (χ3n) is 5.28. The highest BCUT2D eigenvalue weighted by Gasteiger charge is 2.40. The number of para-hydroxylation sites is 1. The van der Waals surface area contributed by atoms with Crippen LogP contribution in [-0.2, 0) is 14.4 Å². The summed E-state index contributed by atoms with van der Waals surface area (Å²) in [5.74, 6) is -0.237. The Morgan fingerprint density at radius 2 is 1.59 bits per heavy atom. The number of piperazine rings is 1. The minimum atomic E-state index is -1.19. The molecule has 1 aliphatic rings. The van der Waals surface area contributed by atoms with Gasteiger partial charge in [-0.25, -0.2) is 0 Å². The molecule has 0 radical (unpaired) electrons. The number of hydrogen-bond acceptors (Lipinski definition) is 3. The van der Waals surface area contributed by atoms with Crippen LogP contribution in [0.3, 0.4) is 0 Å². The van der Waals surface area contributed by atoms with Crippen LogP contribution < -0.4 is 5.32 Å². The Morgan fingerprint density at radius 1 is 1.04 bits per heavy atom. The van der Waals surface area contributed by atoms with E-state index >= 15 is 0 Å². The lowest BCUT2D eigenvalue weighted by atomic mass is 9.89. The van der Waals surface area contributed by atoms with Crippen LogP contribution in [0.25, 0.3) is 0 Å². The second-order valence-corrected chi connectivity index (χ2v) is 8.07. The first kappa shape index (κ1) is 20.9. The van der Waals surface area contributed by atoms with Gasteiger partial charge in [0.25, 0.3) is 0 Å². The number of carbonyl (C=O) groups is 3. The molecule has 0 saturated carbocycles. The normalized spacial score (nSPS) is 15.1. The largest absolute Gasteiger partial charge is 0.339 e. The highest BCUT2D eigenvalue weighted by molar-refractivity contribution is 6.10. The highest BCUT2D eigenvalue weighted by atomic mass is 16.2. The van der Waals surface area contributed by atoms with Gasteiger partial charge in [-0.2, -0.15) is 0 Å². The fourth-order valence-corrected chi connectivity index (χ4v) is 3.33. The molecule has 1 saturated heterocycles. The first-order valence-corrected chi connectivity index (χ1v) is 9.51. The lowest BCUT2D eigenvalue weighted by Gasteiger charge is -2.37. The van der Waals surface area contributed by atoms with Crippen LogP contribution in [0.1, 0.15) is 51.7 Å². The molecule has 1 aromatic carbocycles. The zero-order valence-corrected chi connectivity index (χ0v) is 17.3. The van der Waals surface area contributed by atoms with Gasteiger partial charge in [0.05, 0.1) is 0 Å². The first-order chi connectivity index (χ1) is 12.6. The van der Waals surface area contributed by atoms with Gasteiger partial charge in [0.15, 0.2) is 0 Å². The van der Waals surface area contributed by atoms with E-state index in [9.17, 15) is 14.4 Å². The van der Waals surface area contributed by atoms with Gasteiger partial charge in [-0.15, -0.1) is 0 Å². The van der Waals surface area contributed by atoms with Crippen molar-refractivity contribution in [3.05, 3.63) is 29.3 Å². The van der Waals surface area contributed by atoms with Crippen LogP contribution in [0.15, 0.2) is 18.2 Å². The van der Waals surface area contributed by atoms with Crippen molar-refractivity contribution >= 4 is 23.4 Å². The van der Waals surface area contributed by atoms with E-state index in [1.165, 1.54) is 6.92 Å². The number of benzene rings is 1. The minimum absolute atomic E-state index is 0.0138. The molecule has 0 aromatic heterocycles. The Balaban J connectivity index is 2.14. The van der Waals surface area contributed by atoms with Crippen molar-refractivity contribution in [2.24, 2.45) is 5.41 Å². The monoisotopic (exact) mass is 373 g/mol.